The first-order valence-electron chi connectivity index (χ1n) is 12.0. The lowest BCUT2D eigenvalue weighted by Gasteiger charge is -2.38. The van der Waals surface area contributed by atoms with Crippen LogP contribution in [0.1, 0.15) is 59.9 Å². The van der Waals surface area contributed by atoms with Crippen LogP contribution in [-0.2, 0) is 35.9 Å². The molecular formula is C26H37N3O6. The Bertz CT molecular complexity index is 980. The van der Waals surface area contributed by atoms with E-state index in [0.717, 1.165) is 5.56 Å². The molecule has 35 heavy (non-hydrogen) atoms. The second kappa shape index (κ2) is 12.4. The molecule has 0 radical (unpaired) electrons. The summed E-state index contributed by atoms with van der Waals surface area (Å²) in [6.07, 6.45) is 2.42. The molecule has 1 aromatic heterocycles. The number of imidazole rings is 1. The largest absolute Gasteiger partial charge is 0.466 e. The Morgan fingerprint density at radius 2 is 1.57 bits per heavy atom. The van der Waals surface area contributed by atoms with E-state index in [1.54, 1.807) is 24.6 Å². The summed E-state index contributed by atoms with van der Waals surface area (Å²) in [5.41, 5.74) is -1.23. The number of ether oxygens (including phenoxy) is 3. The van der Waals surface area contributed by atoms with Gasteiger partial charge in [-0.25, -0.2) is 14.6 Å². The highest BCUT2D eigenvalue weighted by molar-refractivity contribution is 5.90. The van der Waals surface area contributed by atoms with E-state index in [2.05, 4.69) is 4.98 Å². The Morgan fingerprint density at radius 3 is 2.11 bits per heavy atom. The van der Waals surface area contributed by atoms with Gasteiger partial charge in [-0.1, -0.05) is 30.3 Å². The van der Waals surface area contributed by atoms with Crippen LogP contribution in [0.15, 0.2) is 42.7 Å². The molecule has 192 valence electrons. The topological polar surface area (TPSA) is 100.0 Å². The van der Waals surface area contributed by atoms with E-state index in [1.165, 1.54) is 18.0 Å². The molecule has 9 nitrogen and oxygen atoms in total. The molecule has 2 atom stereocenters. The predicted molar refractivity (Wildman–Crippen MR) is 130 cm³/mol. The van der Waals surface area contributed by atoms with E-state index >= 15 is 0 Å². The molecule has 0 aliphatic carbocycles. The van der Waals surface area contributed by atoms with Crippen molar-refractivity contribution in [2.75, 3.05) is 13.2 Å². The highest BCUT2D eigenvalue weighted by atomic mass is 16.6. The average molecular weight is 488 g/mol. The van der Waals surface area contributed by atoms with Crippen molar-refractivity contribution < 1.29 is 28.6 Å². The fourth-order valence-corrected chi connectivity index (χ4v) is 4.06. The highest BCUT2D eigenvalue weighted by Gasteiger charge is 2.58. The maximum absolute atomic E-state index is 13.6. The van der Waals surface area contributed by atoms with Gasteiger partial charge in [-0.3, -0.25) is 4.79 Å². The van der Waals surface area contributed by atoms with Gasteiger partial charge in [0.05, 0.1) is 13.2 Å². The molecule has 2 rings (SSSR count). The van der Waals surface area contributed by atoms with Crippen LogP contribution in [-0.4, -0.2) is 57.8 Å². The molecular weight excluding hydrogens is 450 g/mol. The highest BCUT2D eigenvalue weighted by Crippen LogP contribution is 2.37. The summed E-state index contributed by atoms with van der Waals surface area (Å²) in [4.78, 5) is 46.1. The predicted octanol–water partition coefficient (Wildman–Crippen LogP) is 4.14. The normalized spacial score (nSPS) is 13.7. The lowest BCUT2D eigenvalue weighted by atomic mass is 9.87. The van der Waals surface area contributed by atoms with Gasteiger partial charge in [0.15, 0.2) is 5.82 Å². The number of hydrogen-bond donors (Lipinski definition) is 0. The maximum Gasteiger partial charge on any atom is 0.411 e. The van der Waals surface area contributed by atoms with Crippen LogP contribution < -0.4 is 0 Å². The number of rotatable bonds is 11. The molecule has 2 aromatic rings. The first-order chi connectivity index (χ1) is 16.6. The standard InChI is InChI=1S/C26H37N3O6/c1-8-33-22(30)20(7)26(24(31)34-9-2,35-25(32)29(18(3)4)19(5)6)23-27-15-16-28(23)17-21-13-11-10-12-14-21/h10-16,18-20H,8-9,17H2,1-7H3. The number of carbonyl (C=O) groups excluding carboxylic acids is 3. The zero-order valence-corrected chi connectivity index (χ0v) is 21.7. The SMILES string of the molecule is CCOC(=O)C(C)C(OC(=O)N(C(C)C)C(C)C)(C(=O)OCC)c1nccn1Cc1ccccc1. The van der Waals surface area contributed by atoms with Gasteiger partial charge >= 0.3 is 18.0 Å². The molecule has 0 N–H and O–H groups in total. The second-order valence-electron chi connectivity index (χ2n) is 8.76. The number of nitrogens with zero attached hydrogens (tertiary/aromatic N) is 3. The lowest BCUT2D eigenvalue weighted by molar-refractivity contribution is -0.185. The molecule has 0 bridgehead atoms. The lowest BCUT2D eigenvalue weighted by Crippen LogP contribution is -2.55. The van der Waals surface area contributed by atoms with Crippen molar-refractivity contribution in [3.63, 3.8) is 0 Å². The van der Waals surface area contributed by atoms with Crippen LogP contribution >= 0.6 is 0 Å². The van der Waals surface area contributed by atoms with E-state index in [4.69, 9.17) is 14.2 Å². The molecule has 9 heteroatoms. The molecule has 1 heterocycles. The van der Waals surface area contributed by atoms with Crippen LogP contribution in [0, 0.1) is 5.92 Å². The zero-order valence-electron chi connectivity index (χ0n) is 21.7. The van der Waals surface area contributed by atoms with Crippen LogP contribution in [0.25, 0.3) is 0 Å². The molecule has 0 fully saturated rings. The Hall–Kier alpha value is -3.36. The van der Waals surface area contributed by atoms with Crippen molar-refractivity contribution in [2.24, 2.45) is 5.92 Å². The van der Waals surface area contributed by atoms with Gasteiger partial charge in [0, 0.05) is 31.0 Å². The summed E-state index contributed by atoms with van der Waals surface area (Å²) in [6, 6.07) is 9.11. The van der Waals surface area contributed by atoms with Gasteiger partial charge in [0.2, 0.25) is 0 Å². The number of esters is 2. The summed E-state index contributed by atoms with van der Waals surface area (Å²) in [5.74, 6) is -2.74. The molecule has 0 spiro atoms. The smallest absolute Gasteiger partial charge is 0.411 e. The average Bonchev–Trinajstić information content (AvgIpc) is 3.25. The molecule has 1 amide bonds. The van der Waals surface area contributed by atoms with Crippen LogP contribution in [0.4, 0.5) is 4.79 Å². The van der Waals surface area contributed by atoms with Crippen LogP contribution in [0.5, 0.6) is 0 Å². The van der Waals surface area contributed by atoms with Gasteiger partial charge in [0.1, 0.15) is 5.92 Å². The summed E-state index contributed by atoms with van der Waals surface area (Å²) in [5, 5.41) is 0. The van der Waals surface area contributed by atoms with Gasteiger partial charge < -0.3 is 23.7 Å². The Balaban J connectivity index is 2.72. The zero-order chi connectivity index (χ0) is 26.2. The van der Waals surface area contributed by atoms with Crippen LogP contribution in [0.3, 0.4) is 0 Å². The molecule has 0 saturated carbocycles. The molecule has 1 aromatic carbocycles. The quantitative estimate of drug-likeness (QED) is 0.347. The van der Waals surface area contributed by atoms with E-state index in [0.29, 0.717) is 6.54 Å². The third-order valence-electron chi connectivity index (χ3n) is 5.64. The number of aromatic nitrogens is 2. The summed E-state index contributed by atoms with van der Waals surface area (Å²) in [7, 11) is 0. The van der Waals surface area contributed by atoms with E-state index in [9.17, 15) is 14.4 Å². The summed E-state index contributed by atoms with van der Waals surface area (Å²) in [6.45, 7) is 12.6. The van der Waals surface area contributed by atoms with Gasteiger partial charge in [-0.15, -0.1) is 0 Å². The van der Waals surface area contributed by atoms with Gasteiger partial charge in [-0.05, 0) is 54.0 Å². The Morgan fingerprint density at radius 1 is 0.971 bits per heavy atom. The van der Waals surface area contributed by atoms with Crippen molar-refractivity contribution in [3.8, 4) is 0 Å². The summed E-state index contributed by atoms with van der Waals surface area (Å²) < 4.78 is 18.3. The third kappa shape index (κ3) is 6.21. The fraction of sp³-hybridized carbons (Fsp3) is 0.538. The van der Waals surface area contributed by atoms with Crippen molar-refractivity contribution >= 4 is 18.0 Å². The van der Waals surface area contributed by atoms with Crippen molar-refractivity contribution in [1.82, 2.24) is 14.5 Å². The number of carbonyl (C=O) groups is 3. The van der Waals surface area contributed by atoms with Gasteiger partial charge in [-0.2, -0.15) is 0 Å². The first kappa shape index (κ1) is 27.9. The molecule has 2 unspecified atom stereocenters. The third-order valence-corrected chi connectivity index (χ3v) is 5.64. The molecule has 0 saturated heterocycles. The minimum absolute atomic E-state index is 0.0190. The van der Waals surface area contributed by atoms with Crippen LogP contribution in [0.2, 0.25) is 0 Å². The van der Waals surface area contributed by atoms with Crippen molar-refractivity contribution in [1.29, 1.82) is 0 Å². The van der Waals surface area contributed by atoms with E-state index in [1.807, 2.05) is 58.0 Å². The molecule has 0 aliphatic heterocycles. The van der Waals surface area contributed by atoms with Crippen molar-refractivity contribution in [3.05, 3.63) is 54.1 Å². The molecule has 0 aliphatic rings. The number of hydrogen-bond acceptors (Lipinski definition) is 7. The Kier molecular flexibility index (Phi) is 9.86. The first-order valence-corrected chi connectivity index (χ1v) is 12.0. The maximum atomic E-state index is 13.6. The minimum Gasteiger partial charge on any atom is -0.466 e. The minimum atomic E-state index is -2.17. The summed E-state index contributed by atoms with van der Waals surface area (Å²) >= 11 is 0. The van der Waals surface area contributed by atoms with E-state index in [-0.39, 0.29) is 31.1 Å². The van der Waals surface area contributed by atoms with Gasteiger partial charge in [0.25, 0.3) is 5.60 Å². The van der Waals surface area contributed by atoms with Crippen molar-refractivity contribution in [2.45, 2.75) is 72.7 Å². The number of amides is 1. The number of benzene rings is 1. The Labute approximate surface area is 207 Å². The second-order valence-corrected chi connectivity index (χ2v) is 8.76. The van der Waals surface area contributed by atoms with E-state index < -0.39 is 29.6 Å². The fourth-order valence-electron chi connectivity index (χ4n) is 4.06. The monoisotopic (exact) mass is 487 g/mol.